The van der Waals surface area contributed by atoms with Gasteiger partial charge >= 0.3 is 5.97 Å². The van der Waals surface area contributed by atoms with Crippen LogP contribution in [0.3, 0.4) is 0 Å². The van der Waals surface area contributed by atoms with Gasteiger partial charge in [-0.1, -0.05) is 62.2 Å². The van der Waals surface area contributed by atoms with Crippen LogP contribution in [-0.2, 0) is 4.79 Å². The molecule has 2 aromatic carbocycles. The number of nitrogens with one attached hydrogen (secondary N) is 1. The fourth-order valence-electron chi connectivity index (χ4n) is 4.26. The van der Waals surface area contributed by atoms with Gasteiger partial charge in [0.1, 0.15) is 11.9 Å². The summed E-state index contributed by atoms with van der Waals surface area (Å²) in [6.45, 7) is 6.25. The van der Waals surface area contributed by atoms with E-state index in [4.69, 9.17) is 23.2 Å². The molecule has 28 heavy (non-hydrogen) atoms. The van der Waals surface area contributed by atoms with Crippen LogP contribution in [0, 0.1) is 11.2 Å². The van der Waals surface area contributed by atoms with Gasteiger partial charge in [0.2, 0.25) is 0 Å². The number of rotatable bonds is 4. The highest BCUT2D eigenvalue weighted by Crippen LogP contribution is 2.48. The van der Waals surface area contributed by atoms with Crippen LogP contribution in [-0.4, -0.2) is 23.2 Å². The van der Waals surface area contributed by atoms with Crippen LogP contribution in [0.2, 0.25) is 10.0 Å². The molecule has 4 atom stereocenters. The highest BCUT2D eigenvalue weighted by atomic mass is 35.5. The van der Waals surface area contributed by atoms with Gasteiger partial charge in [-0.3, -0.25) is 4.79 Å². The Bertz CT molecular complexity index is 881. The van der Waals surface area contributed by atoms with E-state index in [1.165, 1.54) is 12.1 Å². The Hall–Kier alpha value is -1.62. The van der Waals surface area contributed by atoms with E-state index < -0.39 is 29.7 Å². The standard InChI is InChI=1S/C22H24Cl2FNO2/c1-22(2,3)11-17-18(14-10-12(23)8-9-16(14)25)19(20(26-17)21(27)28)13-6-4-5-7-15(13)24/h4-10,17-20,26H,11H2,1-3H3,(H,27,28). The van der Waals surface area contributed by atoms with Crippen molar-refractivity contribution in [1.29, 1.82) is 0 Å². The van der Waals surface area contributed by atoms with Crippen molar-refractivity contribution in [1.82, 2.24) is 5.32 Å². The Morgan fingerprint density at radius 2 is 1.79 bits per heavy atom. The number of halogens is 3. The lowest BCUT2D eigenvalue weighted by molar-refractivity contribution is -0.139. The third kappa shape index (κ3) is 4.35. The zero-order chi connectivity index (χ0) is 20.6. The first kappa shape index (κ1) is 21.1. The summed E-state index contributed by atoms with van der Waals surface area (Å²) >= 11 is 12.6. The SMILES string of the molecule is CC(C)(C)CC1NC(C(=O)O)C(c2ccccc2Cl)C1c1cc(Cl)ccc1F. The molecule has 0 spiro atoms. The van der Waals surface area contributed by atoms with Crippen LogP contribution in [0.5, 0.6) is 0 Å². The lowest BCUT2D eigenvalue weighted by atomic mass is 9.74. The Morgan fingerprint density at radius 3 is 2.39 bits per heavy atom. The zero-order valence-electron chi connectivity index (χ0n) is 16.0. The quantitative estimate of drug-likeness (QED) is 0.646. The smallest absolute Gasteiger partial charge is 0.321 e. The van der Waals surface area contributed by atoms with Crippen molar-refractivity contribution in [2.45, 2.75) is 51.1 Å². The Kier molecular flexibility index (Phi) is 6.04. The van der Waals surface area contributed by atoms with Crippen molar-refractivity contribution in [3.63, 3.8) is 0 Å². The number of aliphatic carboxylic acids is 1. The molecule has 1 heterocycles. The molecule has 150 valence electrons. The maximum Gasteiger partial charge on any atom is 0.321 e. The first-order valence-corrected chi connectivity index (χ1v) is 10.0. The minimum atomic E-state index is -0.978. The van der Waals surface area contributed by atoms with Crippen LogP contribution < -0.4 is 5.32 Å². The molecule has 1 saturated heterocycles. The largest absolute Gasteiger partial charge is 0.480 e. The predicted octanol–water partition coefficient (Wildman–Crippen LogP) is 5.86. The maximum absolute atomic E-state index is 14.9. The minimum absolute atomic E-state index is 0.0800. The summed E-state index contributed by atoms with van der Waals surface area (Å²) in [6, 6.07) is 10.5. The topological polar surface area (TPSA) is 49.3 Å². The summed E-state index contributed by atoms with van der Waals surface area (Å²) < 4.78 is 14.9. The number of carboxylic acids is 1. The minimum Gasteiger partial charge on any atom is -0.480 e. The highest BCUT2D eigenvalue weighted by molar-refractivity contribution is 6.31. The molecule has 0 aromatic heterocycles. The normalized spacial score (nSPS) is 25.1. The molecule has 2 N–H and O–H groups in total. The van der Waals surface area contributed by atoms with Gasteiger partial charge in [0.25, 0.3) is 0 Å². The Morgan fingerprint density at radius 1 is 1.11 bits per heavy atom. The van der Waals surface area contributed by atoms with Crippen LogP contribution >= 0.6 is 23.2 Å². The maximum atomic E-state index is 14.9. The van der Waals surface area contributed by atoms with E-state index in [-0.39, 0.29) is 11.5 Å². The molecule has 2 aromatic rings. The molecule has 1 aliphatic rings. The fraction of sp³-hybridized carbons (Fsp3) is 0.409. The third-order valence-electron chi connectivity index (χ3n) is 5.25. The summed E-state index contributed by atoms with van der Waals surface area (Å²) in [5.41, 5.74) is 1.04. The van der Waals surface area contributed by atoms with E-state index in [9.17, 15) is 14.3 Å². The lowest BCUT2D eigenvalue weighted by Gasteiger charge is -2.30. The van der Waals surface area contributed by atoms with Crippen LogP contribution in [0.4, 0.5) is 4.39 Å². The number of hydrogen-bond donors (Lipinski definition) is 2. The Balaban J connectivity index is 2.20. The van der Waals surface area contributed by atoms with Crippen molar-refractivity contribution in [2.75, 3.05) is 0 Å². The number of hydrogen-bond acceptors (Lipinski definition) is 2. The van der Waals surface area contributed by atoms with Gasteiger partial charge in [-0.2, -0.15) is 0 Å². The van der Waals surface area contributed by atoms with Gasteiger partial charge in [0.05, 0.1) is 0 Å². The van der Waals surface area contributed by atoms with Crippen molar-refractivity contribution in [3.8, 4) is 0 Å². The predicted molar refractivity (Wildman–Crippen MR) is 111 cm³/mol. The van der Waals surface area contributed by atoms with Gasteiger partial charge in [0.15, 0.2) is 0 Å². The van der Waals surface area contributed by atoms with E-state index >= 15 is 0 Å². The average Bonchev–Trinajstić information content (AvgIpc) is 2.94. The zero-order valence-corrected chi connectivity index (χ0v) is 17.6. The second kappa shape index (κ2) is 8.02. The molecule has 0 aliphatic carbocycles. The molecule has 3 nitrogen and oxygen atoms in total. The monoisotopic (exact) mass is 423 g/mol. The fourth-order valence-corrected chi connectivity index (χ4v) is 4.71. The summed E-state index contributed by atoms with van der Waals surface area (Å²) in [5, 5.41) is 14.1. The van der Waals surface area contributed by atoms with Crippen LogP contribution in [0.25, 0.3) is 0 Å². The van der Waals surface area contributed by atoms with E-state index in [0.717, 1.165) is 0 Å². The molecule has 0 bridgehead atoms. The highest BCUT2D eigenvalue weighted by Gasteiger charge is 2.49. The summed E-state index contributed by atoms with van der Waals surface area (Å²) in [5.74, 6) is -2.31. The second-order valence-electron chi connectivity index (χ2n) is 8.59. The van der Waals surface area contributed by atoms with E-state index in [1.807, 2.05) is 12.1 Å². The van der Waals surface area contributed by atoms with Crippen molar-refractivity contribution in [2.24, 2.45) is 5.41 Å². The number of carboxylic acid groups (broad SMARTS) is 1. The third-order valence-corrected chi connectivity index (χ3v) is 5.83. The molecule has 0 radical (unpaired) electrons. The molecule has 0 amide bonds. The molecule has 6 heteroatoms. The van der Waals surface area contributed by atoms with E-state index in [0.29, 0.717) is 27.6 Å². The second-order valence-corrected chi connectivity index (χ2v) is 9.44. The molecular weight excluding hydrogens is 400 g/mol. The molecule has 1 aliphatic heterocycles. The van der Waals surface area contributed by atoms with E-state index in [1.54, 1.807) is 18.2 Å². The first-order chi connectivity index (χ1) is 13.1. The van der Waals surface area contributed by atoms with Crippen LogP contribution in [0.15, 0.2) is 42.5 Å². The van der Waals surface area contributed by atoms with Gasteiger partial charge in [0, 0.05) is 27.9 Å². The molecule has 0 saturated carbocycles. The van der Waals surface area contributed by atoms with Crippen molar-refractivity contribution < 1.29 is 14.3 Å². The van der Waals surface area contributed by atoms with Crippen LogP contribution in [0.1, 0.15) is 50.2 Å². The molecule has 1 fully saturated rings. The van der Waals surface area contributed by atoms with Gasteiger partial charge in [-0.15, -0.1) is 0 Å². The summed E-state index contributed by atoms with van der Waals surface area (Å²) in [7, 11) is 0. The van der Waals surface area contributed by atoms with E-state index in [2.05, 4.69) is 26.1 Å². The van der Waals surface area contributed by atoms with Crippen molar-refractivity contribution in [3.05, 3.63) is 69.5 Å². The van der Waals surface area contributed by atoms with Gasteiger partial charge in [-0.25, -0.2) is 4.39 Å². The molecule has 3 rings (SSSR count). The van der Waals surface area contributed by atoms with Gasteiger partial charge < -0.3 is 10.4 Å². The lowest BCUT2D eigenvalue weighted by Crippen LogP contribution is -2.39. The van der Waals surface area contributed by atoms with Crippen molar-refractivity contribution >= 4 is 29.2 Å². The Labute approximate surface area is 174 Å². The molecule has 4 unspecified atom stereocenters. The summed E-state index contributed by atoms with van der Waals surface area (Å²) in [4.78, 5) is 12.1. The van der Waals surface area contributed by atoms with Gasteiger partial charge in [-0.05, 0) is 47.2 Å². The number of benzene rings is 2. The number of carbonyl (C=O) groups is 1. The summed E-state index contributed by atoms with van der Waals surface area (Å²) in [6.07, 6.45) is 0.675. The average molecular weight is 424 g/mol. The first-order valence-electron chi connectivity index (χ1n) is 9.27. The molecular formula is C22H24Cl2FNO2.